The van der Waals surface area contributed by atoms with Gasteiger partial charge in [-0.1, -0.05) is 0 Å². The molecule has 0 spiro atoms. The lowest BCUT2D eigenvalue weighted by atomic mass is 10.2. The molecule has 2 rings (SSSR count). The van der Waals surface area contributed by atoms with Gasteiger partial charge in [0.2, 0.25) is 0 Å². The first-order chi connectivity index (χ1) is 7.72. The van der Waals surface area contributed by atoms with Crippen molar-refractivity contribution >= 4 is 5.69 Å². The van der Waals surface area contributed by atoms with E-state index < -0.39 is 0 Å². The van der Waals surface area contributed by atoms with Crippen molar-refractivity contribution in [2.75, 3.05) is 0 Å². The lowest BCUT2D eigenvalue weighted by Crippen LogP contribution is -2.03. The third kappa shape index (κ3) is 1.84. The van der Waals surface area contributed by atoms with Crippen molar-refractivity contribution < 1.29 is 0 Å². The Hall–Kier alpha value is -2.04. The van der Waals surface area contributed by atoms with Crippen molar-refractivity contribution in [2.24, 2.45) is 5.18 Å². The molecule has 5 heteroatoms. The second kappa shape index (κ2) is 4.22. The highest BCUT2D eigenvalue weighted by Crippen LogP contribution is 2.22. The zero-order valence-electron chi connectivity index (χ0n) is 9.21. The summed E-state index contributed by atoms with van der Waals surface area (Å²) >= 11 is 0. The van der Waals surface area contributed by atoms with Crippen LogP contribution >= 0.6 is 0 Å². The lowest BCUT2D eigenvalue weighted by molar-refractivity contribution is 0.658. The van der Waals surface area contributed by atoms with Crippen LogP contribution in [0.3, 0.4) is 0 Å². The molecular weight excluding hydrogens is 204 g/mol. The molecule has 0 aliphatic heterocycles. The van der Waals surface area contributed by atoms with Gasteiger partial charge in [0.15, 0.2) is 5.69 Å². The van der Waals surface area contributed by atoms with Crippen molar-refractivity contribution in [1.82, 2.24) is 14.8 Å². The molecule has 2 heterocycles. The zero-order chi connectivity index (χ0) is 11.5. The van der Waals surface area contributed by atoms with Crippen LogP contribution in [0.5, 0.6) is 0 Å². The van der Waals surface area contributed by atoms with Gasteiger partial charge in [-0.05, 0) is 36.7 Å². The van der Waals surface area contributed by atoms with E-state index in [4.69, 9.17) is 0 Å². The first-order valence-electron chi connectivity index (χ1n) is 4.98. The van der Waals surface area contributed by atoms with Crippen LogP contribution in [0, 0.1) is 18.8 Å². The monoisotopic (exact) mass is 216 g/mol. The van der Waals surface area contributed by atoms with Gasteiger partial charge >= 0.3 is 0 Å². The van der Waals surface area contributed by atoms with Gasteiger partial charge < -0.3 is 0 Å². The first-order valence-corrected chi connectivity index (χ1v) is 4.98. The molecule has 0 radical (unpaired) electrons. The first kappa shape index (κ1) is 10.5. The summed E-state index contributed by atoms with van der Waals surface area (Å²) in [7, 11) is 0. The van der Waals surface area contributed by atoms with Crippen LogP contribution in [-0.2, 0) is 6.54 Å². The van der Waals surface area contributed by atoms with Crippen molar-refractivity contribution in [2.45, 2.75) is 20.4 Å². The van der Waals surface area contributed by atoms with Crippen LogP contribution in [0.25, 0.3) is 0 Å². The van der Waals surface area contributed by atoms with E-state index in [0.29, 0.717) is 17.9 Å². The molecule has 0 bridgehead atoms. The maximum Gasteiger partial charge on any atom is 0.151 e. The van der Waals surface area contributed by atoms with Crippen LogP contribution in [0.2, 0.25) is 0 Å². The molecule has 0 atom stereocenters. The fourth-order valence-electron chi connectivity index (χ4n) is 1.63. The Labute approximate surface area is 93.1 Å². The number of aryl methyl sites for hydroxylation is 1. The van der Waals surface area contributed by atoms with E-state index in [0.717, 1.165) is 11.3 Å². The second-order valence-corrected chi connectivity index (χ2v) is 3.62. The fraction of sp³-hybridized carbons (Fsp3) is 0.273. The Morgan fingerprint density at radius 2 is 2.00 bits per heavy atom. The van der Waals surface area contributed by atoms with Crippen LogP contribution in [0.4, 0.5) is 5.69 Å². The smallest absolute Gasteiger partial charge is 0.151 e. The maximum atomic E-state index is 10.6. The van der Waals surface area contributed by atoms with E-state index in [1.807, 2.05) is 19.1 Å². The van der Waals surface area contributed by atoms with Crippen molar-refractivity contribution in [1.29, 1.82) is 0 Å². The Bertz CT molecular complexity index is 504. The molecule has 0 saturated carbocycles. The summed E-state index contributed by atoms with van der Waals surface area (Å²) < 4.78 is 1.78. The number of pyridine rings is 1. The van der Waals surface area contributed by atoms with Gasteiger partial charge in [0.1, 0.15) is 0 Å². The molecular formula is C11H12N4O. The van der Waals surface area contributed by atoms with Crippen LogP contribution in [-0.4, -0.2) is 14.8 Å². The molecule has 82 valence electrons. The predicted molar refractivity (Wildman–Crippen MR) is 60.5 cm³/mol. The average Bonchev–Trinajstić information content (AvgIpc) is 2.55. The second-order valence-electron chi connectivity index (χ2n) is 3.62. The summed E-state index contributed by atoms with van der Waals surface area (Å²) in [6.07, 6.45) is 3.47. The molecule has 2 aromatic heterocycles. The molecule has 0 aromatic carbocycles. The van der Waals surface area contributed by atoms with E-state index in [-0.39, 0.29) is 0 Å². The van der Waals surface area contributed by atoms with Gasteiger partial charge in [0.05, 0.1) is 17.9 Å². The highest BCUT2D eigenvalue weighted by Gasteiger charge is 2.11. The van der Waals surface area contributed by atoms with Gasteiger partial charge in [0.25, 0.3) is 0 Å². The van der Waals surface area contributed by atoms with Gasteiger partial charge in [-0.2, -0.15) is 5.10 Å². The van der Waals surface area contributed by atoms with Gasteiger partial charge in [-0.25, -0.2) is 0 Å². The number of hydrogen-bond donors (Lipinski definition) is 0. The molecule has 16 heavy (non-hydrogen) atoms. The molecule has 0 fully saturated rings. The summed E-state index contributed by atoms with van der Waals surface area (Å²) in [5, 5.41) is 7.27. The summed E-state index contributed by atoms with van der Waals surface area (Å²) in [5.74, 6) is 0. The number of nitrogens with zero attached hydrogens (tertiary/aromatic N) is 4. The highest BCUT2D eigenvalue weighted by molar-refractivity contribution is 5.46. The van der Waals surface area contributed by atoms with E-state index in [9.17, 15) is 4.91 Å². The number of hydrogen-bond acceptors (Lipinski definition) is 4. The number of aromatic nitrogens is 3. The predicted octanol–water partition coefficient (Wildman–Crippen LogP) is 2.34. The van der Waals surface area contributed by atoms with E-state index in [1.165, 1.54) is 0 Å². The standard InChI is InChI=1S/C11H12N4O/c1-8-11(14-16)9(2)15(13-8)7-10-3-5-12-6-4-10/h3-6H,7H2,1-2H3. The van der Waals surface area contributed by atoms with Crippen LogP contribution in [0.15, 0.2) is 29.7 Å². The Morgan fingerprint density at radius 3 is 2.56 bits per heavy atom. The largest absolute Gasteiger partial charge is 0.265 e. The topological polar surface area (TPSA) is 60.1 Å². The van der Waals surface area contributed by atoms with Gasteiger partial charge in [-0.15, -0.1) is 4.91 Å². The van der Waals surface area contributed by atoms with E-state index in [2.05, 4.69) is 15.3 Å². The van der Waals surface area contributed by atoms with Crippen LogP contribution in [0.1, 0.15) is 17.0 Å². The summed E-state index contributed by atoms with van der Waals surface area (Å²) in [5.41, 5.74) is 3.00. The minimum Gasteiger partial charge on any atom is -0.265 e. The maximum absolute atomic E-state index is 10.6. The van der Waals surface area contributed by atoms with E-state index in [1.54, 1.807) is 24.0 Å². The summed E-state index contributed by atoms with van der Waals surface area (Å²) in [4.78, 5) is 14.6. The Balaban J connectivity index is 2.32. The van der Waals surface area contributed by atoms with E-state index >= 15 is 0 Å². The zero-order valence-corrected chi connectivity index (χ0v) is 9.21. The SMILES string of the molecule is Cc1nn(Cc2ccncc2)c(C)c1N=O. The molecule has 0 saturated heterocycles. The lowest BCUT2D eigenvalue weighted by Gasteiger charge is -2.03. The Morgan fingerprint density at radius 1 is 1.31 bits per heavy atom. The summed E-state index contributed by atoms with van der Waals surface area (Å²) in [6, 6.07) is 3.84. The normalized spacial score (nSPS) is 10.4. The van der Waals surface area contributed by atoms with Crippen molar-refractivity contribution in [3.63, 3.8) is 0 Å². The third-order valence-corrected chi connectivity index (χ3v) is 2.52. The minimum atomic E-state index is 0.439. The highest BCUT2D eigenvalue weighted by atomic mass is 16.3. The molecule has 0 aliphatic carbocycles. The van der Waals surface area contributed by atoms with Gasteiger partial charge in [-0.3, -0.25) is 9.67 Å². The van der Waals surface area contributed by atoms with Crippen molar-refractivity contribution in [3.8, 4) is 0 Å². The Kier molecular flexibility index (Phi) is 2.76. The fourth-order valence-corrected chi connectivity index (χ4v) is 1.63. The number of rotatable bonds is 3. The molecule has 2 aromatic rings. The van der Waals surface area contributed by atoms with Crippen molar-refractivity contribution in [3.05, 3.63) is 46.4 Å². The molecule has 0 aliphatic rings. The average molecular weight is 216 g/mol. The third-order valence-electron chi connectivity index (χ3n) is 2.52. The quantitative estimate of drug-likeness (QED) is 0.740. The van der Waals surface area contributed by atoms with Gasteiger partial charge in [0, 0.05) is 12.4 Å². The summed E-state index contributed by atoms with van der Waals surface area (Å²) in [6.45, 7) is 4.26. The minimum absolute atomic E-state index is 0.439. The molecule has 5 nitrogen and oxygen atoms in total. The number of nitroso groups, excluding NO2 is 1. The van der Waals surface area contributed by atoms with Crippen LogP contribution < -0.4 is 0 Å². The molecule has 0 N–H and O–H groups in total. The molecule has 0 amide bonds. The molecule has 0 unspecified atom stereocenters.